The summed E-state index contributed by atoms with van der Waals surface area (Å²) in [5.74, 6) is 4.14. The van der Waals surface area contributed by atoms with Gasteiger partial charge in [-0.05, 0) is 105 Å². The molecule has 3 atom stereocenters. The van der Waals surface area contributed by atoms with Gasteiger partial charge in [-0.2, -0.15) is 5.10 Å². The van der Waals surface area contributed by atoms with Gasteiger partial charge in [0.2, 0.25) is 0 Å². The smallest absolute Gasteiger partial charge is 0.137 e. The van der Waals surface area contributed by atoms with Crippen molar-refractivity contribution in [3.8, 4) is 23.0 Å². The minimum Gasteiger partial charge on any atom is -0.457 e. The summed E-state index contributed by atoms with van der Waals surface area (Å²) < 4.78 is 11.2. The molecular formula is C43H48N4O. The van der Waals surface area contributed by atoms with Crippen molar-refractivity contribution in [1.29, 1.82) is 0 Å². The van der Waals surface area contributed by atoms with Crippen LogP contribution in [0, 0.1) is 25.7 Å². The highest BCUT2D eigenvalue weighted by Crippen LogP contribution is 2.44. The van der Waals surface area contributed by atoms with Gasteiger partial charge in [-0.1, -0.05) is 70.4 Å². The van der Waals surface area contributed by atoms with E-state index in [4.69, 9.17) is 14.8 Å². The first kappa shape index (κ1) is 31.9. The summed E-state index contributed by atoms with van der Waals surface area (Å²) in [6.07, 6.45) is 9.74. The minimum absolute atomic E-state index is 0.417. The minimum atomic E-state index is 0.417. The topological polar surface area (TPSA) is 44.9 Å². The molecular weight excluding hydrogens is 589 g/mol. The molecule has 0 amide bonds. The van der Waals surface area contributed by atoms with E-state index < -0.39 is 0 Å². The van der Waals surface area contributed by atoms with E-state index in [0.29, 0.717) is 17.8 Å². The molecule has 1 aliphatic rings. The van der Waals surface area contributed by atoms with Crippen molar-refractivity contribution < 1.29 is 4.74 Å². The van der Waals surface area contributed by atoms with E-state index in [1.54, 1.807) is 0 Å². The second kappa shape index (κ2) is 13.1. The van der Waals surface area contributed by atoms with Gasteiger partial charge in [0.05, 0.1) is 22.4 Å². The number of rotatable bonds is 9. The Morgan fingerprint density at radius 2 is 1.58 bits per heavy atom. The number of pyridine rings is 1. The van der Waals surface area contributed by atoms with Gasteiger partial charge in [0.15, 0.2) is 0 Å². The standard InChI is InChI=1S/C43H48N4O/c1-8-12-37-43(42-30(6)20-28(4)21-31(42)7)39(13-9-2)47(45-37)32-22-29(5)23-34(25-32)48-33-16-17-36-35-14-10-11-15-38(35)46(40(36)26-33)41-24-27(3)18-19-44-41/h10-11,14-20,22-26,28,31,42H,8-9,12-13,21H2,1-7H3/t28-,31-,42?/m0/s1. The third-order valence-electron chi connectivity index (χ3n) is 10.0. The molecule has 6 aromatic rings. The van der Waals surface area contributed by atoms with Crippen LogP contribution in [0.1, 0.15) is 87.9 Å². The number of hydrogen-bond donors (Lipinski definition) is 0. The third kappa shape index (κ3) is 5.85. The molecule has 0 radical (unpaired) electrons. The predicted molar refractivity (Wildman–Crippen MR) is 199 cm³/mol. The largest absolute Gasteiger partial charge is 0.457 e. The number of para-hydroxylation sites is 1. The lowest BCUT2D eigenvalue weighted by molar-refractivity contribution is 0.389. The number of ether oxygens (including phenoxy) is 1. The summed E-state index contributed by atoms with van der Waals surface area (Å²) in [5.41, 5.74) is 11.2. The van der Waals surface area contributed by atoms with Crippen LogP contribution in [0.25, 0.3) is 33.3 Å². The summed E-state index contributed by atoms with van der Waals surface area (Å²) >= 11 is 0. The number of allylic oxidation sites excluding steroid dienone is 2. The summed E-state index contributed by atoms with van der Waals surface area (Å²) in [6.45, 7) is 15.9. The van der Waals surface area contributed by atoms with Crippen LogP contribution in [0.2, 0.25) is 0 Å². The van der Waals surface area contributed by atoms with Gasteiger partial charge in [0, 0.05) is 46.3 Å². The number of fused-ring (bicyclic) bond motifs is 3. The third-order valence-corrected chi connectivity index (χ3v) is 10.0. The molecule has 5 heteroatoms. The molecule has 3 aromatic carbocycles. The van der Waals surface area contributed by atoms with E-state index in [0.717, 1.165) is 65.3 Å². The van der Waals surface area contributed by atoms with Crippen LogP contribution in [0.3, 0.4) is 0 Å². The van der Waals surface area contributed by atoms with Crippen LogP contribution in [0.15, 0.2) is 90.6 Å². The van der Waals surface area contributed by atoms with Crippen molar-refractivity contribution in [3.05, 3.63) is 119 Å². The predicted octanol–water partition coefficient (Wildman–Crippen LogP) is 11.4. The second-order valence-corrected chi connectivity index (χ2v) is 14.1. The summed E-state index contributed by atoms with van der Waals surface area (Å²) in [5, 5.41) is 7.76. The maximum atomic E-state index is 6.70. The molecule has 0 aliphatic heterocycles. The lowest BCUT2D eigenvalue weighted by Crippen LogP contribution is -2.21. The molecule has 0 saturated carbocycles. The average Bonchev–Trinajstić information content (AvgIpc) is 3.56. The van der Waals surface area contributed by atoms with Crippen molar-refractivity contribution in [3.63, 3.8) is 0 Å². The van der Waals surface area contributed by atoms with E-state index in [1.165, 1.54) is 45.3 Å². The van der Waals surface area contributed by atoms with Crippen LogP contribution in [0.5, 0.6) is 11.5 Å². The SMILES string of the molecule is CCCc1nn(-c2cc(C)cc(Oc3ccc4c5ccccc5n(-c5cc(C)ccn5)c4c3)c2)c(CCC)c1C1C(C)=C[C@H](C)C[C@@H]1C. The van der Waals surface area contributed by atoms with Crippen molar-refractivity contribution in [1.82, 2.24) is 19.3 Å². The Morgan fingerprint density at radius 1 is 0.792 bits per heavy atom. The number of nitrogens with zero attached hydrogens (tertiary/aromatic N) is 4. The maximum Gasteiger partial charge on any atom is 0.137 e. The zero-order valence-corrected chi connectivity index (χ0v) is 29.5. The molecule has 7 rings (SSSR count). The van der Waals surface area contributed by atoms with E-state index in [2.05, 4.69) is 131 Å². The van der Waals surface area contributed by atoms with Gasteiger partial charge >= 0.3 is 0 Å². The monoisotopic (exact) mass is 636 g/mol. The number of aromatic nitrogens is 4. The number of benzene rings is 3. The van der Waals surface area contributed by atoms with E-state index in [1.807, 2.05) is 12.3 Å². The van der Waals surface area contributed by atoms with E-state index in [9.17, 15) is 0 Å². The Labute approximate surface area is 285 Å². The fourth-order valence-electron chi connectivity index (χ4n) is 8.24. The van der Waals surface area contributed by atoms with Crippen molar-refractivity contribution in [2.75, 3.05) is 0 Å². The van der Waals surface area contributed by atoms with Gasteiger partial charge in [-0.3, -0.25) is 4.57 Å². The molecule has 3 heterocycles. The highest BCUT2D eigenvalue weighted by Gasteiger charge is 2.33. The lowest BCUT2D eigenvalue weighted by Gasteiger charge is -2.33. The Morgan fingerprint density at radius 3 is 2.35 bits per heavy atom. The first-order chi connectivity index (χ1) is 23.2. The first-order valence-corrected chi connectivity index (χ1v) is 17.8. The normalized spacial score (nSPS) is 18.1. The number of hydrogen-bond acceptors (Lipinski definition) is 3. The Hall–Kier alpha value is -4.64. The van der Waals surface area contributed by atoms with Crippen LogP contribution < -0.4 is 4.74 Å². The van der Waals surface area contributed by atoms with Gasteiger partial charge in [-0.15, -0.1) is 0 Å². The average molecular weight is 637 g/mol. The maximum absolute atomic E-state index is 6.70. The zero-order valence-electron chi connectivity index (χ0n) is 29.5. The molecule has 0 spiro atoms. The fraction of sp³-hybridized carbons (Fsp3) is 0.349. The summed E-state index contributed by atoms with van der Waals surface area (Å²) in [4.78, 5) is 4.75. The highest BCUT2D eigenvalue weighted by molar-refractivity contribution is 6.09. The van der Waals surface area contributed by atoms with Crippen LogP contribution >= 0.6 is 0 Å². The van der Waals surface area contributed by atoms with Crippen molar-refractivity contribution in [2.24, 2.45) is 11.8 Å². The quantitative estimate of drug-likeness (QED) is 0.148. The van der Waals surface area contributed by atoms with Crippen LogP contribution in [-0.2, 0) is 12.8 Å². The molecule has 246 valence electrons. The molecule has 0 bridgehead atoms. The van der Waals surface area contributed by atoms with Crippen LogP contribution in [-0.4, -0.2) is 19.3 Å². The van der Waals surface area contributed by atoms with Gasteiger partial charge < -0.3 is 4.74 Å². The summed E-state index contributed by atoms with van der Waals surface area (Å²) in [6, 6.07) is 25.6. The van der Waals surface area contributed by atoms with E-state index in [-0.39, 0.29) is 0 Å². The van der Waals surface area contributed by atoms with Crippen molar-refractivity contribution in [2.45, 2.75) is 86.5 Å². The number of aryl methyl sites for hydroxylation is 3. The Kier molecular flexibility index (Phi) is 8.72. The molecule has 1 aliphatic carbocycles. The Balaban J connectivity index is 1.32. The van der Waals surface area contributed by atoms with Gasteiger partial charge in [0.1, 0.15) is 17.3 Å². The lowest BCUT2D eigenvalue weighted by atomic mass is 9.72. The molecule has 5 nitrogen and oxygen atoms in total. The van der Waals surface area contributed by atoms with E-state index >= 15 is 0 Å². The van der Waals surface area contributed by atoms with Crippen LogP contribution in [0.4, 0.5) is 0 Å². The first-order valence-electron chi connectivity index (χ1n) is 17.8. The Bertz CT molecular complexity index is 2150. The van der Waals surface area contributed by atoms with Gasteiger partial charge in [-0.25, -0.2) is 9.67 Å². The fourth-order valence-corrected chi connectivity index (χ4v) is 8.24. The zero-order chi connectivity index (χ0) is 33.5. The molecule has 48 heavy (non-hydrogen) atoms. The molecule has 0 fully saturated rings. The molecule has 1 unspecified atom stereocenters. The van der Waals surface area contributed by atoms with Gasteiger partial charge in [0.25, 0.3) is 0 Å². The summed E-state index contributed by atoms with van der Waals surface area (Å²) in [7, 11) is 0. The molecule has 0 N–H and O–H groups in total. The second-order valence-electron chi connectivity index (χ2n) is 14.1. The molecule has 0 saturated heterocycles. The highest BCUT2D eigenvalue weighted by atomic mass is 16.5. The molecule has 3 aromatic heterocycles. The van der Waals surface area contributed by atoms with Crippen molar-refractivity contribution >= 4 is 21.8 Å².